The van der Waals surface area contributed by atoms with E-state index >= 15 is 0 Å². The van der Waals surface area contributed by atoms with Crippen LogP contribution in [0.2, 0.25) is 5.02 Å². The molecule has 0 aliphatic rings. The van der Waals surface area contributed by atoms with Crippen molar-refractivity contribution < 1.29 is 9.90 Å². The zero-order valence-electron chi connectivity index (χ0n) is 16.8. The maximum atomic E-state index is 11.1. The van der Waals surface area contributed by atoms with Crippen molar-refractivity contribution in [3.8, 4) is 11.1 Å². The lowest BCUT2D eigenvalue weighted by molar-refractivity contribution is 0.0690. The minimum atomic E-state index is -1.05. The quantitative estimate of drug-likeness (QED) is 0.406. The van der Waals surface area contributed by atoms with Gasteiger partial charge in [0.05, 0.1) is 21.9 Å². The second-order valence-electron chi connectivity index (χ2n) is 7.30. The largest absolute Gasteiger partial charge is 0.477 e. The molecule has 6 heteroatoms. The predicted molar refractivity (Wildman–Crippen MR) is 121 cm³/mol. The molecular weight excluding hydrogens is 398 g/mol. The molecule has 0 bridgehead atoms. The number of benzene rings is 2. The highest BCUT2D eigenvalue weighted by Crippen LogP contribution is 2.37. The van der Waals surface area contributed by atoms with Crippen molar-refractivity contribution in [2.75, 3.05) is 5.32 Å². The van der Waals surface area contributed by atoms with Crippen LogP contribution >= 0.6 is 11.6 Å². The van der Waals surface area contributed by atoms with E-state index < -0.39 is 5.97 Å². The first-order chi connectivity index (χ1) is 14.3. The highest BCUT2D eigenvalue weighted by atomic mass is 35.5. The zero-order valence-corrected chi connectivity index (χ0v) is 17.6. The minimum absolute atomic E-state index is 0.0113. The van der Waals surface area contributed by atoms with E-state index in [9.17, 15) is 4.79 Å². The Kier molecular flexibility index (Phi) is 5.14. The number of anilines is 2. The number of hydrogen-bond donors (Lipinski definition) is 2. The fourth-order valence-electron chi connectivity index (χ4n) is 3.36. The molecule has 2 aromatic carbocycles. The van der Waals surface area contributed by atoms with E-state index in [0.29, 0.717) is 5.02 Å². The number of aromatic nitrogens is 2. The molecule has 0 unspecified atom stereocenters. The average molecular weight is 418 g/mol. The van der Waals surface area contributed by atoms with Gasteiger partial charge >= 0.3 is 5.97 Å². The Morgan fingerprint density at radius 1 is 1.00 bits per heavy atom. The Morgan fingerprint density at radius 2 is 1.77 bits per heavy atom. The van der Waals surface area contributed by atoms with Gasteiger partial charge in [-0.3, -0.25) is 4.98 Å². The third kappa shape index (κ3) is 3.72. The lowest BCUT2D eigenvalue weighted by Gasteiger charge is -2.16. The zero-order chi connectivity index (χ0) is 21.4. The molecule has 2 heterocycles. The summed E-state index contributed by atoms with van der Waals surface area (Å²) in [6.45, 7) is 5.99. The van der Waals surface area contributed by atoms with E-state index in [4.69, 9.17) is 16.7 Å². The summed E-state index contributed by atoms with van der Waals surface area (Å²) in [6.07, 6.45) is 1.56. The van der Waals surface area contributed by atoms with Gasteiger partial charge in [0, 0.05) is 22.8 Å². The Bertz CT molecular complexity index is 1280. The number of nitrogens with one attached hydrogen (secondary N) is 1. The lowest BCUT2D eigenvalue weighted by Crippen LogP contribution is -2.00. The van der Waals surface area contributed by atoms with E-state index in [1.807, 2.05) is 39.0 Å². The predicted octanol–water partition coefficient (Wildman–Crippen LogP) is 6.32. The first-order valence-corrected chi connectivity index (χ1v) is 9.85. The number of fused-ring (bicyclic) bond motifs is 1. The summed E-state index contributed by atoms with van der Waals surface area (Å²) in [5, 5.41) is 14.0. The maximum absolute atomic E-state index is 11.1. The van der Waals surface area contributed by atoms with Gasteiger partial charge in [-0.15, -0.1) is 0 Å². The molecule has 0 saturated carbocycles. The van der Waals surface area contributed by atoms with Crippen molar-refractivity contribution in [3.05, 3.63) is 82.3 Å². The average Bonchev–Trinajstić information content (AvgIpc) is 2.73. The van der Waals surface area contributed by atoms with Crippen molar-refractivity contribution in [1.29, 1.82) is 0 Å². The van der Waals surface area contributed by atoms with Gasteiger partial charge in [-0.2, -0.15) is 0 Å². The van der Waals surface area contributed by atoms with Crippen molar-refractivity contribution in [3.63, 3.8) is 0 Å². The fraction of sp³-hybridized carbons (Fsp3) is 0.125. The molecule has 30 heavy (non-hydrogen) atoms. The summed E-state index contributed by atoms with van der Waals surface area (Å²) in [6, 6.07) is 15.4. The summed E-state index contributed by atoms with van der Waals surface area (Å²) in [5.41, 5.74) is 7.35. The number of nitrogens with zero attached hydrogens (tertiary/aromatic N) is 2. The summed E-state index contributed by atoms with van der Waals surface area (Å²) >= 11 is 6.67. The normalized spacial score (nSPS) is 10.9. The minimum Gasteiger partial charge on any atom is -0.477 e. The first kappa shape index (κ1) is 19.9. The molecule has 5 nitrogen and oxygen atoms in total. The second kappa shape index (κ2) is 7.76. The smallest absolute Gasteiger partial charge is 0.354 e. The summed E-state index contributed by atoms with van der Waals surface area (Å²) in [4.78, 5) is 19.7. The van der Waals surface area contributed by atoms with Gasteiger partial charge in [0.15, 0.2) is 0 Å². The Balaban J connectivity index is 1.86. The van der Waals surface area contributed by atoms with Crippen LogP contribution in [0.4, 0.5) is 11.4 Å². The van der Waals surface area contributed by atoms with Crippen LogP contribution in [0.25, 0.3) is 22.0 Å². The fourth-order valence-corrected chi connectivity index (χ4v) is 3.55. The van der Waals surface area contributed by atoms with Gasteiger partial charge < -0.3 is 10.4 Å². The molecule has 0 atom stereocenters. The van der Waals surface area contributed by atoms with Gasteiger partial charge in [0.1, 0.15) is 5.69 Å². The van der Waals surface area contributed by atoms with E-state index in [0.717, 1.165) is 50.2 Å². The molecule has 150 valence electrons. The number of carboxylic acids is 1. The van der Waals surface area contributed by atoms with Crippen molar-refractivity contribution >= 4 is 39.8 Å². The molecule has 0 saturated heterocycles. The molecule has 2 N–H and O–H groups in total. The van der Waals surface area contributed by atoms with Crippen LogP contribution < -0.4 is 5.32 Å². The van der Waals surface area contributed by atoms with Gasteiger partial charge in [-0.1, -0.05) is 35.9 Å². The SMILES string of the molecule is Cc1ccc(C)c(Nc2c(Cl)c(C)nc3ccc(-c4ccc(C(=O)O)nc4)cc23)c1. The summed E-state index contributed by atoms with van der Waals surface area (Å²) < 4.78 is 0. The molecule has 0 fully saturated rings. The molecule has 0 radical (unpaired) electrons. The highest BCUT2D eigenvalue weighted by Gasteiger charge is 2.14. The van der Waals surface area contributed by atoms with Crippen LogP contribution in [0.3, 0.4) is 0 Å². The standard InChI is InChI=1S/C24H20ClN3O2/c1-13-4-5-14(2)21(10-13)28-23-18-11-16(6-8-19(18)27-15(3)22(23)25)17-7-9-20(24(29)30)26-12-17/h4-12H,1-3H3,(H,27,28)(H,29,30). The Morgan fingerprint density at radius 3 is 2.47 bits per heavy atom. The molecule has 0 aliphatic carbocycles. The van der Waals surface area contributed by atoms with Gasteiger partial charge in [0.25, 0.3) is 0 Å². The number of carboxylic acid groups (broad SMARTS) is 1. The van der Waals surface area contributed by atoms with Crippen molar-refractivity contribution in [1.82, 2.24) is 9.97 Å². The van der Waals surface area contributed by atoms with E-state index in [2.05, 4.69) is 33.5 Å². The van der Waals surface area contributed by atoms with Gasteiger partial charge in [-0.05, 0) is 61.7 Å². The Labute approximate surface area is 179 Å². The topological polar surface area (TPSA) is 75.1 Å². The summed E-state index contributed by atoms with van der Waals surface area (Å²) in [7, 11) is 0. The number of halogens is 1. The number of rotatable bonds is 4. The van der Waals surface area contributed by atoms with Crippen LogP contribution in [0.5, 0.6) is 0 Å². The van der Waals surface area contributed by atoms with Crippen LogP contribution in [0.15, 0.2) is 54.7 Å². The van der Waals surface area contributed by atoms with E-state index in [1.165, 1.54) is 6.07 Å². The molecule has 2 aromatic heterocycles. The van der Waals surface area contributed by atoms with Crippen LogP contribution in [-0.4, -0.2) is 21.0 Å². The number of carbonyl (C=O) groups is 1. The number of pyridine rings is 2. The highest BCUT2D eigenvalue weighted by molar-refractivity contribution is 6.35. The number of aromatic carboxylic acids is 1. The van der Waals surface area contributed by atoms with Gasteiger partial charge in [0.2, 0.25) is 0 Å². The second-order valence-corrected chi connectivity index (χ2v) is 7.68. The molecule has 0 spiro atoms. The van der Waals surface area contributed by atoms with Crippen molar-refractivity contribution in [2.45, 2.75) is 20.8 Å². The maximum Gasteiger partial charge on any atom is 0.354 e. The van der Waals surface area contributed by atoms with Crippen LogP contribution in [0, 0.1) is 20.8 Å². The van der Waals surface area contributed by atoms with Gasteiger partial charge in [-0.25, -0.2) is 9.78 Å². The third-order valence-electron chi connectivity index (χ3n) is 5.06. The Hall–Kier alpha value is -3.44. The monoisotopic (exact) mass is 417 g/mol. The first-order valence-electron chi connectivity index (χ1n) is 9.47. The molecule has 0 aliphatic heterocycles. The van der Waals surface area contributed by atoms with E-state index in [-0.39, 0.29) is 5.69 Å². The number of hydrogen-bond acceptors (Lipinski definition) is 4. The molecule has 4 rings (SSSR count). The molecule has 4 aromatic rings. The van der Waals surface area contributed by atoms with Crippen LogP contribution in [0.1, 0.15) is 27.3 Å². The molecule has 0 amide bonds. The number of aryl methyl sites for hydroxylation is 3. The molecular formula is C24H20ClN3O2. The van der Waals surface area contributed by atoms with Crippen molar-refractivity contribution in [2.24, 2.45) is 0 Å². The van der Waals surface area contributed by atoms with Crippen LogP contribution in [-0.2, 0) is 0 Å². The third-order valence-corrected chi connectivity index (χ3v) is 5.52. The van der Waals surface area contributed by atoms with E-state index in [1.54, 1.807) is 12.3 Å². The summed E-state index contributed by atoms with van der Waals surface area (Å²) in [5.74, 6) is -1.05. The lowest BCUT2D eigenvalue weighted by atomic mass is 10.0.